The molecule has 0 spiro atoms. The molecule has 1 N–H and O–H groups in total. The summed E-state index contributed by atoms with van der Waals surface area (Å²) in [6.45, 7) is 5.87. The van der Waals surface area contributed by atoms with Gasteiger partial charge < -0.3 is 9.84 Å². The van der Waals surface area contributed by atoms with E-state index in [-0.39, 0.29) is 5.92 Å². The number of nitrogens with zero attached hydrogens (tertiary/aromatic N) is 6. The highest BCUT2D eigenvalue weighted by Gasteiger charge is 2.27. The van der Waals surface area contributed by atoms with E-state index >= 15 is 0 Å². The zero-order valence-electron chi connectivity index (χ0n) is 15.9. The average molecular weight is 379 g/mol. The van der Waals surface area contributed by atoms with Crippen molar-refractivity contribution < 1.29 is 4.52 Å². The summed E-state index contributed by atoms with van der Waals surface area (Å²) in [7, 11) is 0. The van der Waals surface area contributed by atoms with Gasteiger partial charge in [-0.15, -0.1) is 0 Å². The van der Waals surface area contributed by atoms with Gasteiger partial charge in [-0.2, -0.15) is 10.1 Å². The van der Waals surface area contributed by atoms with Gasteiger partial charge in [-0.05, 0) is 50.6 Å². The van der Waals surface area contributed by atoms with Crippen LogP contribution in [-0.2, 0) is 19.6 Å². The van der Waals surface area contributed by atoms with Crippen molar-refractivity contribution in [3.05, 3.63) is 47.9 Å². The largest absolute Gasteiger partial charge is 0.339 e. The van der Waals surface area contributed by atoms with Crippen LogP contribution in [0.15, 0.2) is 35.1 Å². The van der Waals surface area contributed by atoms with Gasteiger partial charge in [-0.3, -0.25) is 14.6 Å². The number of pyridine rings is 1. The first-order chi connectivity index (χ1) is 13.8. The lowest BCUT2D eigenvalue weighted by Gasteiger charge is -2.30. The maximum Gasteiger partial charge on any atom is 0.231 e. The smallest absolute Gasteiger partial charge is 0.231 e. The number of nitrogens with one attached hydrogen (secondary N) is 1. The number of hydrogen-bond acceptors (Lipinski definition) is 7. The fourth-order valence-corrected chi connectivity index (χ4v) is 4.14. The van der Waals surface area contributed by atoms with Crippen molar-refractivity contribution >= 4 is 0 Å². The molecule has 3 aromatic heterocycles. The molecule has 146 valence electrons. The number of fused-ring (bicyclic) bond motifs is 1. The van der Waals surface area contributed by atoms with Crippen LogP contribution in [-0.4, -0.2) is 49.4 Å². The van der Waals surface area contributed by atoms with Gasteiger partial charge in [0.25, 0.3) is 0 Å². The molecule has 1 atom stereocenters. The summed E-state index contributed by atoms with van der Waals surface area (Å²) in [5.74, 6) is 1.62. The van der Waals surface area contributed by atoms with Crippen LogP contribution < -0.4 is 5.32 Å². The average Bonchev–Trinajstić information content (AvgIpc) is 3.31. The summed E-state index contributed by atoms with van der Waals surface area (Å²) in [4.78, 5) is 11.2. The number of aryl methyl sites for hydroxylation is 1. The highest BCUT2D eigenvalue weighted by Crippen LogP contribution is 2.28. The second-order valence-electron chi connectivity index (χ2n) is 7.65. The highest BCUT2D eigenvalue weighted by atomic mass is 16.5. The van der Waals surface area contributed by atoms with Crippen LogP contribution in [0.25, 0.3) is 11.4 Å². The summed E-state index contributed by atoms with van der Waals surface area (Å²) >= 11 is 0. The van der Waals surface area contributed by atoms with Crippen LogP contribution in [0.5, 0.6) is 0 Å². The Morgan fingerprint density at radius 1 is 1.25 bits per heavy atom. The number of aromatic nitrogens is 5. The topological polar surface area (TPSA) is 84.9 Å². The third kappa shape index (κ3) is 3.70. The van der Waals surface area contributed by atoms with E-state index in [0.29, 0.717) is 5.82 Å². The van der Waals surface area contributed by atoms with Crippen LogP contribution in [0.3, 0.4) is 0 Å². The van der Waals surface area contributed by atoms with Gasteiger partial charge >= 0.3 is 0 Å². The summed E-state index contributed by atoms with van der Waals surface area (Å²) in [5.41, 5.74) is 3.33. The lowest BCUT2D eigenvalue weighted by atomic mass is 9.98. The first kappa shape index (κ1) is 17.5. The van der Waals surface area contributed by atoms with Gasteiger partial charge in [0.2, 0.25) is 11.7 Å². The Morgan fingerprint density at radius 3 is 3.18 bits per heavy atom. The van der Waals surface area contributed by atoms with Crippen LogP contribution in [0.4, 0.5) is 0 Å². The third-order valence-corrected chi connectivity index (χ3v) is 5.55. The minimum Gasteiger partial charge on any atom is -0.339 e. The van der Waals surface area contributed by atoms with Crippen molar-refractivity contribution in [3.8, 4) is 11.4 Å². The van der Waals surface area contributed by atoms with Crippen molar-refractivity contribution in [3.63, 3.8) is 0 Å². The molecule has 3 aromatic rings. The quantitative estimate of drug-likeness (QED) is 0.744. The van der Waals surface area contributed by atoms with E-state index < -0.39 is 0 Å². The third-order valence-electron chi connectivity index (χ3n) is 5.55. The Balaban J connectivity index is 1.26. The van der Waals surface area contributed by atoms with Gasteiger partial charge in [0.05, 0.1) is 17.3 Å². The Hall–Kier alpha value is -2.58. The molecule has 5 rings (SSSR count). The standard InChI is InChI=1S/C20H25N7O/c1-4-15(11-21-6-1)19-23-20(28-25-19)16-5-2-8-26(13-16)14-17-10-18-12-22-7-3-9-27(18)24-17/h1,4,6,10-11,16,22H,2-3,5,7-9,12-14H2/t16-/m1/s1. The molecule has 8 nitrogen and oxygen atoms in total. The zero-order chi connectivity index (χ0) is 18.8. The van der Waals surface area contributed by atoms with Gasteiger partial charge in [0.15, 0.2) is 0 Å². The normalized spacial score (nSPS) is 20.6. The predicted octanol–water partition coefficient (Wildman–Crippen LogP) is 2.20. The van der Waals surface area contributed by atoms with Crippen molar-refractivity contribution in [2.45, 2.75) is 44.8 Å². The SMILES string of the molecule is c1cncc(-c2noc([C@@H]3CCCN(Cc4cc5n(n4)CCCNC5)C3)n2)c1. The second kappa shape index (κ2) is 7.81. The molecule has 5 heterocycles. The molecule has 0 aliphatic carbocycles. The fraction of sp³-hybridized carbons (Fsp3) is 0.500. The molecule has 1 fully saturated rings. The number of hydrogen-bond donors (Lipinski definition) is 1. The van der Waals surface area contributed by atoms with E-state index in [1.165, 1.54) is 5.69 Å². The van der Waals surface area contributed by atoms with E-state index in [1.807, 2.05) is 12.1 Å². The van der Waals surface area contributed by atoms with E-state index in [1.54, 1.807) is 12.4 Å². The van der Waals surface area contributed by atoms with Crippen LogP contribution in [0.1, 0.15) is 42.5 Å². The molecule has 0 aromatic carbocycles. The Bertz CT molecular complexity index is 896. The van der Waals surface area contributed by atoms with Crippen molar-refractivity contribution in [2.75, 3.05) is 19.6 Å². The summed E-state index contributed by atoms with van der Waals surface area (Å²) in [6, 6.07) is 6.08. The van der Waals surface area contributed by atoms with E-state index in [4.69, 9.17) is 9.62 Å². The Labute approximate surface area is 164 Å². The first-order valence-electron chi connectivity index (χ1n) is 10.1. The molecule has 0 amide bonds. The molecule has 2 aliphatic heterocycles. The minimum atomic E-state index is 0.272. The molecule has 2 aliphatic rings. The second-order valence-corrected chi connectivity index (χ2v) is 7.65. The van der Waals surface area contributed by atoms with Crippen LogP contribution in [0.2, 0.25) is 0 Å². The van der Waals surface area contributed by atoms with E-state index in [0.717, 1.165) is 75.7 Å². The molecular formula is C20H25N7O. The summed E-state index contributed by atoms with van der Waals surface area (Å²) in [5, 5.41) is 12.4. The molecular weight excluding hydrogens is 354 g/mol. The Morgan fingerprint density at radius 2 is 2.25 bits per heavy atom. The maximum atomic E-state index is 5.59. The zero-order valence-corrected chi connectivity index (χ0v) is 15.9. The van der Waals surface area contributed by atoms with Crippen molar-refractivity contribution in [1.29, 1.82) is 0 Å². The lowest BCUT2D eigenvalue weighted by Crippen LogP contribution is -2.34. The van der Waals surface area contributed by atoms with Gasteiger partial charge in [-0.25, -0.2) is 0 Å². The first-order valence-corrected chi connectivity index (χ1v) is 10.1. The molecule has 0 radical (unpaired) electrons. The number of piperidine rings is 1. The molecule has 0 unspecified atom stereocenters. The number of likely N-dealkylation sites (tertiary alicyclic amines) is 1. The molecule has 1 saturated heterocycles. The predicted molar refractivity (Wildman–Crippen MR) is 103 cm³/mol. The molecule has 0 bridgehead atoms. The van der Waals surface area contributed by atoms with Crippen molar-refractivity contribution in [2.24, 2.45) is 0 Å². The van der Waals surface area contributed by atoms with Gasteiger partial charge in [-0.1, -0.05) is 5.16 Å². The summed E-state index contributed by atoms with van der Waals surface area (Å²) in [6.07, 6.45) is 6.85. The van der Waals surface area contributed by atoms with Crippen LogP contribution >= 0.6 is 0 Å². The maximum absolute atomic E-state index is 5.59. The highest BCUT2D eigenvalue weighted by molar-refractivity contribution is 5.51. The summed E-state index contributed by atoms with van der Waals surface area (Å²) < 4.78 is 7.76. The fourth-order valence-electron chi connectivity index (χ4n) is 4.14. The lowest BCUT2D eigenvalue weighted by molar-refractivity contribution is 0.178. The number of rotatable bonds is 4. The van der Waals surface area contributed by atoms with Gasteiger partial charge in [0, 0.05) is 44.1 Å². The van der Waals surface area contributed by atoms with Crippen molar-refractivity contribution in [1.82, 2.24) is 35.1 Å². The Kier molecular flexibility index (Phi) is 4.88. The minimum absolute atomic E-state index is 0.272. The molecule has 8 heteroatoms. The monoisotopic (exact) mass is 379 g/mol. The van der Waals surface area contributed by atoms with E-state index in [9.17, 15) is 0 Å². The molecule has 28 heavy (non-hydrogen) atoms. The molecule has 0 saturated carbocycles. The van der Waals surface area contributed by atoms with Gasteiger partial charge in [0.1, 0.15) is 0 Å². The van der Waals surface area contributed by atoms with Crippen LogP contribution in [0, 0.1) is 0 Å². The van der Waals surface area contributed by atoms with E-state index in [2.05, 4.69) is 36.1 Å².